The van der Waals surface area contributed by atoms with Crippen molar-refractivity contribution in [2.24, 2.45) is 0 Å². The van der Waals surface area contributed by atoms with Crippen molar-refractivity contribution in [3.8, 4) is 0 Å². The van der Waals surface area contributed by atoms with Gasteiger partial charge in [0.1, 0.15) is 0 Å². The maximum Gasteiger partial charge on any atom is 0.255 e. The van der Waals surface area contributed by atoms with Crippen LogP contribution in [0.25, 0.3) is 0 Å². The molecule has 0 unspecified atom stereocenters. The molecule has 118 valence electrons. The van der Waals surface area contributed by atoms with Gasteiger partial charge < -0.3 is 9.72 Å². The number of ether oxygens (including phenoxy) is 1. The summed E-state index contributed by atoms with van der Waals surface area (Å²) in [6.45, 7) is 2.49. The Balaban J connectivity index is 2.16. The number of nitrogens with zero attached hydrogens (tertiary/aromatic N) is 1. The van der Waals surface area contributed by atoms with Gasteiger partial charge in [0.05, 0.1) is 12.3 Å². The van der Waals surface area contributed by atoms with Gasteiger partial charge in [-0.2, -0.15) is 0 Å². The second kappa shape index (κ2) is 8.76. The van der Waals surface area contributed by atoms with E-state index in [1.165, 1.54) is 17.3 Å². The van der Waals surface area contributed by atoms with Gasteiger partial charge in [0, 0.05) is 18.4 Å². The first-order valence-electron chi connectivity index (χ1n) is 7.52. The molecule has 5 heteroatoms. The van der Waals surface area contributed by atoms with Crippen molar-refractivity contribution in [1.82, 2.24) is 9.97 Å². The predicted octanol–water partition coefficient (Wildman–Crippen LogP) is 3.55. The minimum Gasteiger partial charge on any atom is -0.378 e. The van der Waals surface area contributed by atoms with Crippen molar-refractivity contribution in [2.75, 3.05) is 7.11 Å². The van der Waals surface area contributed by atoms with Gasteiger partial charge in [0.25, 0.3) is 5.56 Å². The number of rotatable bonds is 8. The Morgan fingerprint density at radius 1 is 1.27 bits per heavy atom. The maximum absolute atomic E-state index is 12.3. The third kappa shape index (κ3) is 4.71. The summed E-state index contributed by atoms with van der Waals surface area (Å²) in [7, 11) is 1.63. The zero-order valence-corrected chi connectivity index (χ0v) is 13.9. The van der Waals surface area contributed by atoms with Gasteiger partial charge in [0.2, 0.25) is 0 Å². The Labute approximate surface area is 135 Å². The van der Waals surface area contributed by atoms with Crippen LogP contribution >= 0.6 is 11.8 Å². The molecule has 1 heterocycles. The first kappa shape index (κ1) is 16.8. The number of nitrogens with one attached hydrogen (secondary N) is 1. The lowest BCUT2D eigenvalue weighted by atomic mass is 10.1. The van der Waals surface area contributed by atoms with E-state index in [9.17, 15) is 4.79 Å². The van der Waals surface area contributed by atoms with Crippen LogP contribution in [0.5, 0.6) is 0 Å². The molecular formula is C17H22N2O2S. The van der Waals surface area contributed by atoms with Gasteiger partial charge in [-0.15, -0.1) is 0 Å². The summed E-state index contributed by atoms with van der Waals surface area (Å²) in [5.41, 5.74) is 2.69. The smallest absolute Gasteiger partial charge is 0.255 e. The van der Waals surface area contributed by atoms with Crippen molar-refractivity contribution in [2.45, 2.75) is 43.7 Å². The van der Waals surface area contributed by atoms with Crippen LogP contribution in [0.1, 0.15) is 36.6 Å². The summed E-state index contributed by atoms with van der Waals surface area (Å²) in [6.07, 6.45) is 2.79. The Hall–Kier alpha value is -1.59. The lowest BCUT2D eigenvalue weighted by Gasteiger charge is -2.09. The number of hydrogen-bond acceptors (Lipinski definition) is 4. The predicted molar refractivity (Wildman–Crippen MR) is 90.2 cm³/mol. The molecule has 0 aliphatic rings. The fourth-order valence-corrected chi connectivity index (χ4v) is 3.02. The summed E-state index contributed by atoms with van der Waals surface area (Å²) in [4.78, 5) is 19.8. The normalized spacial score (nSPS) is 10.8. The number of benzene rings is 1. The first-order valence-corrected chi connectivity index (χ1v) is 8.51. The van der Waals surface area contributed by atoms with Gasteiger partial charge >= 0.3 is 0 Å². The number of aromatic amines is 1. The van der Waals surface area contributed by atoms with E-state index in [-0.39, 0.29) is 5.56 Å². The summed E-state index contributed by atoms with van der Waals surface area (Å²) in [6, 6.07) is 10.1. The second-order valence-corrected chi connectivity index (χ2v) is 6.07. The topological polar surface area (TPSA) is 55.0 Å². The van der Waals surface area contributed by atoms with Crippen molar-refractivity contribution in [3.63, 3.8) is 0 Å². The molecule has 2 rings (SSSR count). The van der Waals surface area contributed by atoms with Gasteiger partial charge in [-0.3, -0.25) is 4.79 Å². The van der Waals surface area contributed by atoms with Gasteiger partial charge in [-0.1, -0.05) is 55.4 Å². The quantitative estimate of drug-likeness (QED) is 0.597. The van der Waals surface area contributed by atoms with Crippen LogP contribution in [0, 0.1) is 0 Å². The van der Waals surface area contributed by atoms with E-state index >= 15 is 0 Å². The molecule has 1 aromatic heterocycles. The van der Waals surface area contributed by atoms with Crippen molar-refractivity contribution >= 4 is 11.8 Å². The van der Waals surface area contributed by atoms with Gasteiger partial charge in [-0.05, 0) is 18.4 Å². The molecule has 2 aromatic rings. The summed E-state index contributed by atoms with van der Waals surface area (Å²) < 4.78 is 5.20. The molecule has 0 amide bonds. The van der Waals surface area contributed by atoms with Crippen LogP contribution < -0.4 is 5.56 Å². The van der Waals surface area contributed by atoms with E-state index in [0.717, 1.165) is 36.3 Å². The number of thioether (sulfide) groups is 1. The van der Waals surface area contributed by atoms with Crippen LogP contribution in [0.2, 0.25) is 0 Å². The van der Waals surface area contributed by atoms with E-state index in [1.54, 1.807) is 7.11 Å². The molecule has 22 heavy (non-hydrogen) atoms. The van der Waals surface area contributed by atoms with Crippen LogP contribution in [-0.2, 0) is 23.5 Å². The molecule has 0 aliphatic heterocycles. The van der Waals surface area contributed by atoms with Crippen molar-refractivity contribution in [3.05, 3.63) is 57.5 Å². The number of hydrogen-bond donors (Lipinski definition) is 1. The van der Waals surface area contributed by atoms with Crippen LogP contribution in [-0.4, -0.2) is 17.1 Å². The fraction of sp³-hybridized carbons (Fsp3) is 0.412. The Kier molecular flexibility index (Phi) is 6.68. The lowest BCUT2D eigenvalue weighted by Crippen LogP contribution is -2.19. The molecule has 0 radical (unpaired) electrons. The Bertz CT molecular complexity index is 641. The maximum atomic E-state index is 12.3. The SMILES string of the molecule is CCCCc1c(COC)nc(SCc2ccccc2)[nH]c1=O. The van der Waals surface area contributed by atoms with E-state index in [0.29, 0.717) is 11.8 Å². The highest BCUT2D eigenvalue weighted by atomic mass is 32.2. The van der Waals surface area contributed by atoms with E-state index in [4.69, 9.17) is 4.74 Å². The van der Waals surface area contributed by atoms with Gasteiger partial charge in [0.15, 0.2) is 5.16 Å². The number of H-pyrrole nitrogens is 1. The number of methoxy groups -OCH3 is 1. The molecule has 0 fully saturated rings. The summed E-state index contributed by atoms with van der Waals surface area (Å²) in [5.74, 6) is 0.782. The average molecular weight is 318 g/mol. The number of aromatic nitrogens is 2. The standard InChI is InChI=1S/C17H22N2O2S/c1-3-4-10-14-15(11-21-2)18-17(19-16(14)20)22-12-13-8-6-5-7-9-13/h5-9H,3-4,10-12H2,1-2H3,(H,18,19,20). The zero-order valence-electron chi connectivity index (χ0n) is 13.1. The third-order valence-electron chi connectivity index (χ3n) is 3.36. The molecule has 1 N–H and O–H groups in total. The van der Waals surface area contributed by atoms with Crippen molar-refractivity contribution in [1.29, 1.82) is 0 Å². The Morgan fingerprint density at radius 2 is 2.05 bits per heavy atom. The van der Waals surface area contributed by atoms with Crippen LogP contribution in [0.15, 0.2) is 40.3 Å². The van der Waals surface area contributed by atoms with E-state index in [1.807, 2.05) is 18.2 Å². The molecular weight excluding hydrogens is 296 g/mol. The molecule has 0 saturated heterocycles. The monoisotopic (exact) mass is 318 g/mol. The molecule has 1 aromatic carbocycles. The molecule has 0 bridgehead atoms. The minimum absolute atomic E-state index is 0.0361. The number of unbranched alkanes of at least 4 members (excludes halogenated alkanes) is 1. The zero-order chi connectivity index (χ0) is 15.8. The average Bonchev–Trinajstić information content (AvgIpc) is 2.53. The summed E-state index contributed by atoms with van der Waals surface area (Å²) >= 11 is 1.54. The van der Waals surface area contributed by atoms with E-state index in [2.05, 4.69) is 29.0 Å². The lowest BCUT2D eigenvalue weighted by molar-refractivity contribution is 0.179. The van der Waals surface area contributed by atoms with Crippen molar-refractivity contribution < 1.29 is 4.74 Å². The largest absolute Gasteiger partial charge is 0.378 e. The molecule has 0 spiro atoms. The second-order valence-electron chi connectivity index (χ2n) is 5.11. The third-order valence-corrected chi connectivity index (χ3v) is 4.30. The molecule has 4 nitrogen and oxygen atoms in total. The molecule has 0 saturated carbocycles. The fourth-order valence-electron chi connectivity index (χ4n) is 2.18. The van der Waals surface area contributed by atoms with Crippen LogP contribution in [0.3, 0.4) is 0 Å². The molecule has 0 aliphatic carbocycles. The minimum atomic E-state index is -0.0361. The highest BCUT2D eigenvalue weighted by Crippen LogP contribution is 2.19. The van der Waals surface area contributed by atoms with E-state index < -0.39 is 0 Å². The Morgan fingerprint density at radius 3 is 2.73 bits per heavy atom. The first-order chi connectivity index (χ1) is 10.7. The van der Waals surface area contributed by atoms with Crippen LogP contribution in [0.4, 0.5) is 0 Å². The summed E-state index contributed by atoms with van der Waals surface area (Å²) in [5, 5.41) is 0.654. The highest BCUT2D eigenvalue weighted by molar-refractivity contribution is 7.98. The molecule has 0 atom stereocenters. The highest BCUT2D eigenvalue weighted by Gasteiger charge is 2.11. The van der Waals surface area contributed by atoms with Gasteiger partial charge in [-0.25, -0.2) is 4.98 Å².